The lowest BCUT2D eigenvalue weighted by Crippen LogP contribution is -2.18. The van der Waals surface area contributed by atoms with E-state index in [0.29, 0.717) is 11.5 Å². The van der Waals surface area contributed by atoms with Crippen LogP contribution < -0.4 is 9.47 Å². The molecule has 0 radical (unpaired) electrons. The molecule has 4 aromatic carbocycles. The van der Waals surface area contributed by atoms with Crippen LogP contribution in [0.4, 0.5) is 11.4 Å². The summed E-state index contributed by atoms with van der Waals surface area (Å²) in [5, 5.41) is 41.3. The van der Waals surface area contributed by atoms with Crippen molar-refractivity contribution in [1.29, 1.82) is 0 Å². The monoisotopic (exact) mass is 502 g/mol. The minimum Gasteiger partial charge on any atom is -0.502 e. The van der Waals surface area contributed by atoms with E-state index in [9.17, 15) is 30.4 Å². The van der Waals surface area contributed by atoms with E-state index in [-0.39, 0.29) is 16.9 Å². The molecule has 4 rings (SSSR count). The van der Waals surface area contributed by atoms with E-state index >= 15 is 0 Å². The van der Waals surface area contributed by atoms with E-state index in [1.54, 1.807) is 24.3 Å². The number of nitro benzene ring substituents is 2. The van der Waals surface area contributed by atoms with Gasteiger partial charge in [0, 0.05) is 29.7 Å². The highest BCUT2D eigenvalue weighted by molar-refractivity contribution is 5.52. The topological polar surface area (TPSA) is 145 Å². The molecule has 0 amide bonds. The summed E-state index contributed by atoms with van der Waals surface area (Å²) < 4.78 is 11.4. The molecule has 0 unspecified atom stereocenters. The largest absolute Gasteiger partial charge is 0.502 e. The third kappa shape index (κ3) is 5.43. The maximum atomic E-state index is 10.9. The lowest BCUT2D eigenvalue weighted by Gasteiger charge is -2.26. The fourth-order valence-corrected chi connectivity index (χ4v) is 3.76. The number of hydrogen-bond donors (Lipinski definition) is 2. The number of phenolic OH excluding ortho intramolecular Hbond substituents is 2. The van der Waals surface area contributed by atoms with Crippen molar-refractivity contribution in [3.05, 3.63) is 116 Å². The van der Waals surface area contributed by atoms with Crippen molar-refractivity contribution in [2.24, 2.45) is 0 Å². The summed E-state index contributed by atoms with van der Waals surface area (Å²) in [6.45, 7) is 4.11. The Bertz CT molecular complexity index is 1350. The Morgan fingerprint density at radius 1 is 0.595 bits per heavy atom. The van der Waals surface area contributed by atoms with E-state index in [1.807, 2.05) is 24.3 Å². The summed E-state index contributed by atoms with van der Waals surface area (Å²) in [5.74, 6) is 0.598. The van der Waals surface area contributed by atoms with Gasteiger partial charge in [0.25, 0.3) is 0 Å². The average Bonchev–Trinajstić information content (AvgIpc) is 2.84. The van der Waals surface area contributed by atoms with Crippen LogP contribution in [0, 0.1) is 20.2 Å². The number of nitrogens with zero attached hydrogens (tertiary/aromatic N) is 2. The van der Waals surface area contributed by atoms with Crippen LogP contribution in [-0.2, 0) is 5.41 Å². The van der Waals surface area contributed by atoms with Crippen molar-refractivity contribution >= 4 is 11.4 Å². The van der Waals surface area contributed by atoms with E-state index in [1.165, 1.54) is 36.4 Å². The van der Waals surface area contributed by atoms with E-state index in [2.05, 4.69) is 13.8 Å². The summed E-state index contributed by atoms with van der Waals surface area (Å²) in [6, 6.07) is 22.3. The van der Waals surface area contributed by atoms with Crippen LogP contribution in [0.1, 0.15) is 25.0 Å². The number of aromatic hydroxyl groups is 2. The Labute approximate surface area is 211 Å². The van der Waals surface area contributed by atoms with Gasteiger partial charge in [-0.25, -0.2) is 0 Å². The molecular formula is C27H22N2O8. The summed E-state index contributed by atoms with van der Waals surface area (Å²) in [4.78, 5) is 20.4. The Morgan fingerprint density at radius 2 is 0.919 bits per heavy atom. The molecule has 2 N–H and O–H groups in total. The number of rotatable bonds is 8. The standard InChI is InChI=1S/C27H22N2O8/c1-27(2,17-3-7-19(8-4-17)36-21-11-13-23(28(32)33)25(30)15-21)18-5-9-20(10-6-18)37-22-12-14-24(29(34)35)26(31)16-22/h3-16,30-31H,1-2H3. The van der Waals surface area contributed by atoms with Gasteiger partial charge in [0.1, 0.15) is 23.0 Å². The van der Waals surface area contributed by atoms with Crippen LogP contribution in [0.5, 0.6) is 34.5 Å². The van der Waals surface area contributed by atoms with Gasteiger partial charge in [0.15, 0.2) is 11.5 Å². The van der Waals surface area contributed by atoms with Gasteiger partial charge in [0.05, 0.1) is 9.85 Å². The normalized spacial score (nSPS) is 11.1. The van der Waals surface area contributed by atoms with Gasteiger partial charge in [-0.1, -0.05) is 38.1 Å². The first-order chi connectivity index (χ1) is 17.5. The Kier molecular flexibility index (Phi) is 6.66. The van der Waals surface area contributed by atoms with Gasteiger partial charge in [-0.15, -0.1) is 0 Å². The van der Waals surface area contributed by atoms with Crippen LogP contribution in [-0.4, -0.2) is 20.1 Å². The quantitative estimate of drug-likeness (QED) is 0.197. The molecule has 4 aromatic rings. The van der Waals surface area contributed by atoms with Crippen molar-refractivity contribution in [3.63, 3.8) is 0 Å². The average molecular weight is 502 g/mol. The minimum absolute atomic E-state index is 0.270. The van der Waals surface area contributed by atoms with Gasteiger partial charge >= 0.3 is 11.4 Å². The van der Waals surface area contributed by atoms with Crippen LogP contribution >= 0.6 is 0 Å². The molecule has 0 saturated heterocycles. The molecule has 0 atom stereocenters. The minimum atomic E-state index is -0.671. The van der Waals surface area contributed by atoms with Crippen LogP contribution in [0.15, 0.2) is 84.9 Å². The summed E-state index contributed by atoms with van der Waals surface area (Å²) in [6.07, 6.45) is 0. The second kappa shape index (κ2) is 9.86. The van der Waals surface area contributed by atoms with E-state index < -0.39 is 32.7 Å². The molecule has 0 aliphatic rings. The number of phenols is 2. The van der Waals surface area contributed by atoms with E-state index in [4.69, 9.17) is 9.47 Å². The molecule has 0 spiro atoms. The zero-order valence-corrected chi connectivity index (χ0v) is 19.8. The smallest absolute Gasteiger partial charge is 0.310 e. The van der Waals surface area contributed by atoms with Gasteiger partial charge in [-0.2, -0.15) is 0 Å². The second-order valence-electron chi connectivity index (χ2n) is 8.69. The SMILES string of the molecule is CC(C)(c1ccc(Oc2ccc([N+](=O)[O-])c(O)c2)cc1)c1ccc(Oc2ccc([N+](=O)[O-])c(O)c2)cc1. The van der Waals surface area contributed by atoms with Gasteiger partial charge in [-0.05, 0) is 47.5 Å². The highest BCUT2D eigenvalue weighted by Gasteiger charge is 2.23. The lowest BCUT2D eigenvalue weighted by molar-refractivity contribution is -0.386. The second-order valence-corrected chi connectivity index (χ2v) is 8.69. The Balaban J connectivity index is 1.46. The molecule has 0 fully saturated rings. The van der Waals surface area contributed by atoms with Crippen LogP contribution in [0.3, 0.4) is 0 Å². The van der Waals surface area contributed by atoms with Crippen molar-refractivity contribution in [2.75, 3.05) is 0 Å². The van der Waals surface area contributed by atoms with Crippen LogP contribution in [0.2, 0.25) is 0 Å². The predicted molar refractivity (Wildman–Crippen MR) is 135 cm³/mol. The summed E-state index contributed by atoms with van der Waals surface area (Å²) >= 11 is 0. The third-order valence-electron chi connectivity index (χ3n) is 5.91. The van der Waals surface area contributed by atoms with Gasteiger partial charge in [0.2, 0.25) is 0 Å². The summed E-state index contributed by atoms with van der Waals surface area (Å²) in [7, 11) is 0. The first-order valence-corrected chi connectivity index (χ1v) is 11.1. The molecule has 0 heterocycles. The molecular weight excluding hydrogens is 480 g/mol. The van der Waals surface area contributed by atoms with Gasteiger partial charge in [-0.3, -0.25) is 20.2 Å². The number of ether oxygens (including phenoxy) is 2. The molecule has 10 heteroatoms. The Hall–Kier alpha value is -5.12. The molecule has 10 nitrogen and oxygen atoms in total. The highest BCUT2D eigenvalue weighted by atomic mass is 16.6. The van der Waals surface area contributed by atoms with Gasteiger partial charge < -0.3 is 19.7 Å². The molecule has 37 heavy (non-hydrogen) atoms. The van der Waals surface area contributed by atoms with Crippen molar-refractivity contribution in [1.82, 2.24) is 0 Å². The lowest BCUT2D eigenvalue weighted by atomic mass is 9.78. The maximum absolute atomic E-state index is 10.9. The first-order valence-electron chi connectivity index (χ1n) is 11.1. The molecule has 0 aliphatic heterocycles. The molecule has 0 aliphatic carbocycles. The fraction of sp³-hybridized carbons (Fsp3) is 0.111. The predicted octanol–water partition coefficient (Wildman–Crippen LogP) is 6.82. The third-order valence-corrected chi connectivity index (χ3v) is 5.91. The molecule has 0 aromatic heterocycles. The zero-order chi connectivity index (χ0) is 26.7. The van der Waals surface area contributed by atoms with Crippen LogP contribution in [0.25, 0.3) is 0 Å². The summed E-state index contributed by atoms with van der Waals surface area (Å²) in [5.41, 5.74) is 0.827. The van der Waals surface area contributed by atoms with E-state index in [0.717, 1.165) is 11.1 Å². The van der Waals surface area contributed by atoms with Crippen molar-refractivity contribution < 1.29 is 29.5 Å². The fourth-order valence-electron chi connectivity index (χ4n) is 3.76. The maximum Gasteiger partial charge on any atom is 0.310 e. The molecule has 0 saturated carbocycles. The first kappa shape index (κ1) is 25.0. The number of nitro groups is 2. The molecule has 0 bridgehead atoms. The number of hydrogen-bond acceptors (Lipinski definition) is 8. The molecule has 188 valence electrons. The van der Waals surface area contributed by atoms with Crippen molar-refractivity contribution in [2.45, 2.75) is 19.3 Å². The Morgan fingerprint density at radius 3 is 1.22 bits per heavy atom. The van der Waals surface area contributed by atoms with Crippen molar-refractivity contribution in [3.8, 4) is 34.5 Å². The highest BCUT2D eigenvalue weighted by Crippen LogP contribution is 2.37. The zero-order valence-electron chi connectivity index (χ0n) is 19.8. The number of benzene rings is 4.